The second kappa shape index (κ2) is 8.78. The number of hydrogen-bond donors (Lipinski definition) is 2. The molecule has 2 aliphatic carbocycles. The van der Waals surface area contributed by atoms with Crippen molar-refractivity contribution < 1.29 is 24.2 Å². The molecule has 3 aliphatic rings. The second-order valence-corrected chi connectivity index (χ2v) is 9.89. The minimum atomic E-state index is -0.722. The molecule has 1 saturated heterocycles. The van der Waals surface area contributed by atoms with Gasteiger partial charge in [0.25, 0.3) is 0 Å². The van der Waals surface area contributed by atoms with E-state index >= 15 is 0 Å². The van der Waals surface area contributed by atoms with E-state index in [1.165, 1.54) is 11.1 Å². The van der Waals surface area contributed by atoms with Crippen LogP contribution < -0.4 is 5.32 Å². The molecule has 2 atom stereocenters. The number of nitrogens with zero attached hydrogens (tertiary/aromatic N) is 1. The van der Waals surface area contributed by atoms with Crippen LogP contribution in [0.1, 0.15) is 43.2 Å². The fourth-order valence-electron chi connectivity index (χ4n) is 5.71. The van der Waals surface area contributed by atoms with Gasteiger partial charge in [0.15, 0.2) is 0 Å². The number of carboxylic acids is 1. The normalized spacial score (nSPS) is 20.9. The Balaban J connectivity index is 1.10. The third-order valence-electron chi connectivity index (χ3n) is 7.88. The largest absolute Gasteiger partial charge is 0.481 e. The van der Waals surface area contributed by atoms with Crippen LogP contribution in [0.5, 0.6) is 0 Å². The number of alkyl carbamates (subject to hydrolysis) is 1. The first-order chi connectivity index (χ1) is 16.4. The number of piperidine rings is 1. The van der Waals surface area contributed by atoms with Gasteiger partial charge in [0, 0.05) is 25.6 Å². The average Bonchev–Trinajstić information content (AvgIpc) is 3.47. The maximum atomic E-state index is 12.8. The van der Waals surface area contributed by atoms with Crippen LogP contribution in [0.4, 0.5) is 4.79 Å². The molecule has 2 aromatic carbocycles. The van der Waals surface area contributed by atoms with Crippen molar-refractivity contribution in [2.75, 3.05) is 26.2 Å². The zero-order valence-electron chi connectivity index (χ0n) is 19.3. The number of carboxylic acid groups (broad SMARTS) is 1. The number of nitrogens with one attached hydrogen (secondary N) is 1. The summed E-state index contributed by atoms with van der Waals surface area (Å²) in [4.78, 5) is 38.3. The topological polar surface area (TPSA) is 95.9 Å². The van der Waals surface area contributed by atoms with Gasteiger partial charge in [-0.25, -0.2) is 4.79 Å². The lowest BCUT2D eigenvalue weighted by Gasteiger charge is -2.34. The smallest absolute Gasteiger partial charge is 0.407 e. The zero-order chi connectivity index (χ0) is 23.9. The third kappa shape index (κ3) is 4.04. The Labute approximate surface area is 199 Å². The summed E-state index contributed by atoms with van der Waals surface area (Å²) >= 11 is 0. The number of rotatable bonds is 6. The Morgan fingerprint density at radius 2 is 1.65 bits per heavy atom. The summed E-state index contributed by atoms with van der Waals surface area (Å²) in [5.74, 6) is -1.36. The highest BCUT2D eigenvalue weighted by atomic mass is 16.5. The molecule has 2 unspecified atom stereocenters. The first-order valence-electron chi connectivity index (χ1n) is 12.0. The number of benzene rings is 2. The van der Waals surface area contributed by atoms with E-state index in [2.05, 4.69) is 29.6 Å². The second-order valence-electron chi connectivity index (χ2n) is 9.89. The van der Waals surface area contributed by atoms with E-state index in [9.17, 15) is 19.5 Å². The molecule has 2 aromatic rings. The quantitative estimate of drug-likeness (QED) is 0.679. The van der Waals surface area contributed by atoms with Gasteiger partial charge in [-0.15, -0.1) is 0 Å². The lowest BCUT2D eigenvalue weighted by atomic mass is 9.90. The van der Waals surface area contributed by atoms with Crippen LogP contribution in [-0.2, 0) is 14.3 Å². The molecule has 1 heterocycles. The van der Waals surface area contributed by atoms with Gasteiger partial charge >= 0.3 is 12.1 Å². The van der Waals surface area contributed by atoms with Crippen LogP contribution in [0.2, 0.25) is 0 Å². The van der Waals surface area contributed by atoms with Crippen molar-refractivity contribution >= 4 is 18.0 Å². The van der Waals surface area contributed by atoms with E-state index in [1.807, 2.05) is 24.3 Å². The molecule has 2 fully saturated rings. The van der Waals surface area contributed by atoms with Gasteiger partial charge in [0.05, 0.1) is 11.8 Å². The SMILES string of the molecule is CC(CNC(=O)OCC1c2ccccc2-c2ccccc21)C(=O)N1CCC2(CC1)CC2C(=O)O. The lowest BCUT2D eigenvalue weighted by molar-refractivity contribution is -0.140. The molecule has 0 aromatic heterocycles. The van der Waals surface area contributed by atoms with Gasteiger partial charge in [-0.1, -0.05) is 55.5 Å². The molecule has 2 amide bonds. The van der Waals surface area contributed by atoms with Crippen LogP contribution in [0, 0.1) is 17.3 Å². The maximum Gasteiger partial charge on any atom is 0.407 e. The summed E-state index contributed by atoms with van der Waals surface area (Å²) in [5, 5.41) is 12.0. The van der Waals surface area contributed by atoms with E-state index in [-0.39, 0.29) is 42.2 Å². The molecular formula is C27H30N2O5. The Kier molecular flexibility index (Phi) is 5.80. The predicted molar refractivity (Wildman–Crippen MR) is 126 cm³/mol. The number of likely N-dealkylation sites (tertiary alicyclic amines) is 1. The number of aliphatic carboxylic acids is 1. The van der Waals surface area contributed by atoms with E-state index in [1.54, 1.807) is 11.8 Å². The number of fused-ring (bicyclic) bond motifs is 3. The Morgan fingerprint density at radius 1 is 1.06 bits per heavy atom. The summed E-state index contributed by atoms with van der Waals surface area (Å²) in [6.45, 7) is 3.40. The summed E-state index contributed by atoms with van der Waals surface area (Å²) in [5.41, 5.74) is 4.56. The minimum absolute atomic E-state index is 0.00470. The average molecular weight is 463 g/mol. The molecule has 0 radical (unpaired) electrons. The molecule has 1 spiro atoms. The first kappa shape index (κ1) is 22.4. The van der Waals surface area contributed by atoms with Crippen LogP contribution in [-0.4, -0.2) is 54.2 Å². The standard InChI is InChI=1S/C27H30N2O5/c1-17(24(30)29-12-10-27(11-13-29)14-23(27)25(31)32)15-28-26(33)34-16-22-20-8-4-2-6-18(20)19-7-3-5-9-21(19)22/h2-9,17,22-23H,10-16H2,1H3,(H,28,33)(H,31,32). The molecule has 0 bridgehead atoms. The van der Waals surface area contributed by atoms with Crippen LogP contribution in [0.3, 0.4) is 0 Å². The van der Waals surface area contributed by atoms with Gasteiger partial charge in [-0.2, -0.15) is 0 Å². The summed E-state index contributed by atoms with van der Waals surface area (Å²) in [6.07, 6.45) is 1.68. The van der Waals surface area contributed by atoms with Gasteiger partial charge in [-0.05, 0) is 46.9 Å². The van der Waals surface area contributed by atoms with Crippen molar-refractivity contribution in [3.63, 3.8) is 0 Å². The minimum Gasteiger partial charge on any atom is -0.481 e. The van der Waals surface area contributed by atoms with Crippen LogP contribution in [0.15, 0.2) is 48.5 Å². The molecule has 178 valence electrons. The Hall–Kier alpha value is -3.35. The number of hydrogen-bond acceptors (Lipinski definition) is 4. The van der Waals surface area contributed by atoms with Crippen molar-refractivity contribution in [2.24, 2.45) is 17.3 Å². The highest BCUT2D eigenvalue weighted by Crippen LogP contribution is 2.59. The van der Waals surface area contributed by atoms with E-state index < -0.39 is 12.1 Å². The summed E-state index contributed by atoms with van der Waals surface area (Å²) in [6, 6.07) is 16.4. The molecular weight excluding hydrogens is 432 g/mol. The maximum absolute atomic E-state index is 12.8. The van der Waals surface area contributed by atoms with Crippen molar-refractivity contribution in [3.05, 3.63) is 59.7 Å². The number of ether oxygens (including phenoxy) is 1. The lowest BCUT2D eigenvalue weighted by Crippen LogP contribution is -2.45. The molecule has 7 nitrogen and oxygen atoms in total. The fourth-order valence-corrected chi connectivity index (χ4v) is 5.71. The van der Waals surface area contributed by atoms with Gasteiger partial charge in [0.1, 0.15) is 6.61 Å². The van der Waals surface area contributed by atoms with Crippen LogP contribution >= 0.6 is 0 Å². The monoisotopic (exact) mass is 462 g/mol. The van der Waals surface area contributed by atoms with Crippen molar-refractivity contribution in [1.82, 2.24) is 10.2 Å². The zero-order valence-corrected chi connectivity index (χ0v) is 19.3. The number of carbonyl (C=O) groups is 3. The van der Waals surface area contributed by atoms with E-state index in [4.69, 9.17) is 4.74 Å². The van der Waals surface area contributed by atoms with Gasteiger partial charge < -0.3 is 20.1 Å². The van der Waals surface area contributed by atoms with Gasteiger partial charge in [-0.3, -0.25) is 9.59 Å². The van der Waals surface area contributed by atoms with Crippen molar-refractivity contribution in [3.8, 4) is 11.1 Å². The van der Waals surface area contributed by atoms with Crippen molar-refractivity contribution in [1.29, 1.82) is 0 Å². The molecule has 1 saturated carbocycles. The Bertz CT molecular complexity index is 1080. The predicted octanol–water partition coefficient (Wildman–Crippen LogP) is 3.87. The highest BCUT2D eigenvalue weighted by molar-refractivity contribution is 5.81. The number of carbonyl (C=O) groups excluding carboxylic acids is 2. The first-order valence-corrected chi connectivity index (χ1v) is 12.0. The number of amides is 2. The van der Waals surface area contributed by atoms with Crippen LogP contribution in [0.25, 0.3) is 11.1 Å². The summed E-state index contributed by atoms with van der Waals surface area (Å²) < 4.78 is 5.55. The fraction of sp³-hybridized carbons (Fsp3) is 0.444. The molecule has 1 aliphatic heterocycles. The molecule has 5 rings (SSSR count). The molecule has 2 N–H and O–H groups in total. The molecule has 34 heavy (non-hydrogen) atoms. The van der Waals surface area contributed by atoms with Crippen molar-refractivity contribution in [2.45, 2.75) is 32.1 Å². The van der Waals surface area contributed by atoms with Gasteiger partial charge in [0.2, 0.25) is 5.91 Å². The molecule has 7 heteroatoms. The van der Waals surface area contributed by atoms with E-state index in [0.29, 0.717) is 13.1 Å². The summed E-state index contributed by atoms with van der Waals surface area (Å²) in [7, 11) is 0. The third-order valence-corrected chi connectivity index (χ3v) is 7.88. The Morgan fingerprint density at radius 3 is 2.21 bits per heavy atom. The highest BCUT2D eigenvalue weighted by Gasteiger charge is 2.59. The van der Waals surface area contributed by atoms with E-state index in [0.717, 1.165) is 30.4 Å².